The van der Waals surface area contributed by atoms with Crippen LogP contribution in [0, 0.1) is 11.8 Å². The summed E-state index contributed by atoms with van der Waals surface area (Å²) in [6.45, 7) is 8.79. The molecule has 2 heterocycles. The number of nitrogens with one attached hydrogen (secondary N) is 1. The molecule has 5 nitrogen and oxygen atoms in total. The van der Waals surface area contributed by atoms with Gasteiger partial charge in [-0.05, 0) is 31.2 Å². The Bertz CT molecular complexity index is 328. The van der Waals surface area contributed by atoms with Crippen LogP contribution in [0.4, 0.5) is 0 Å². The van der Waals surface area contributed by atoms with Crippen LogP contribution >= 0.6 is 0 Å². The first-order valence-corrected chi connectivity index (χ1v) is 7.37. The molecule has 2 rings (SSSR count). The molecule has 19 heavy (non-hydrogen) atoms. The first kappa shape index (κ1) is 14.3. The molecule has 2 aliphatic heterocycles. The predicted molar refractivity (Wildman–Crippen MR) is 73.6 cm³/mol. The molecule has 2 saturated heterocycles. The Kier molecular flexibility index (Phi) is 4.80. The minimum absolute atomic E-state index is 0.305. The first-order chi connectivity index (χ1) is 9.08. The Labute approximate surface area is 115 Å². The van der Waals surface area contributed by atoms with Crippen LogP contribution < -0.4 is 5.32 Å². The number of carbonyl (C=O) groups excluding carboxylic acids is 2. The van der Waals surface area contributed by atoms with E-state index < -0.39 is 0 Å². The van der Waals surface area contributed by atoms with Crippen molar-refractivity contribution < 1.29 is 9.59 Å². The third-order valence-electron chi connectivity index (χ3n) is 3.97. The maximum absolute atomic E-state index is 12.3. The van der Waals surface area contributed by atoms with E-state index in [1.807, 2.05) is 0 Å². The fourth-order valence-corrected chi connectivity index (χ4v) is 3.15. The highest BCUT2D eigenvalue weighted by molar-refractivity contribution is 6.34. The van der Waals surface area contributed by atoms with Crippen LogP contribution in [0.2, 0.25) is 0 Å². The lowest BCUT2D eigenvalue weighted by atomic mass is 9.92. The molecule has 2 fully saturated rings. The summed E-state index contributed by atoms with van der Waals surface area (Å²) in [6.07, 6.45) is 2.07. The third kappa shape index (κ3) is 3.69. The highest BCUT2D eigenvalue weighted by Gasteiger charge is 2.31. The van der Waals surface area contributed by atoms with Crippen molar-refractivity contribution in [3.8, 4) is 0 Å². The molecule has 0 aliphatic carbocycles. The average Bonchev–Trinajstić information content (AvgIpc) is 2.64. The normalized spacial score (nSPS) is 28.9. The number of hydrogen-bond donors (Lipinski definition) is 1. The molecule has 108 valence electrons. The monoisotopic (exact) mass is 267 g/mol. The molecular formula is C14H25N3O2. The van der Waals surface area contributed by atoms with E-state index in [-0.39, 0.29) is 11.8 Å². The van der Waals surface area contributed by atoms with Gasteiger partial charge in [0.15, 0.2) is 0 Å². The van der Waals surface area contributed by atoms with Crippen molar-refractivity contribution in [3.05, 3.63) is 0 Å². The van der Waals surface area contributed by atoms with Crippen LogP contribution in [-0.4, -0.2) is 60.9 Å². The van der Waals surface area contributed by atoms with E-state index in [0.717, 1.165) is 39.0 Å². The van der Waals surface area contributed by atoms with Gasteiger partial charge in [-0.1, -0.05) is 13.8 Å². The van der Waals surface area contributed by atoms with Crippen molar-refractivity contribution in [3.63, 3.8) is 0 Å². The van der Waals surface area contributed by atoms with Crippen molar-refractivity contribution in [1.29, 1.82) is 0 Å². The Morgan fingerprint density at radius 3 is 2.26 bits per heavy atom. The lowest BCUT2D eigenvalue weighted by Crippen LogP contribution is -2.50. The van der Waals surface area contributed by atoms with E-state index in [1.165, 1.54) is 0 Å². The zero-order valence-corrected chi connectivity index (χ0v) is 12.0. The molecule has 0 aromatic carbocycles. The summed E-state index contributed by atoms with van der Waals surface area (Å²) >= 11 is 0. The first-order valence-electron chi connectivity index (χ1n) is 7.37. The fraction of sp³-hybridized carbons (Fsp3) is 0.857. The van der Waals surface area contributed by atoms with E-state index in [4.69, 9.17) is 0 Å². The van der Waals surface area contributed by atoms with Crippen LogP contribution in [0.1, 0.15) is 26.7 Å². The van der Waals surface area contributed by atoms with Gasteiger partial charge < -0.3 is 15.1 Å². The summed E-state index contributed by atoms with van der Waals surface area (Å²) in [7, 11) is 0. The molecule has 0 aromatic rings. The van der Waals surface area contributed by atoms with E-state index >= 15 is 0 Å². The van der Waals surface area contributed by atoms with Crippen molar-refractivity contribution >= 4 is 11.8 Å². The number of carbonyl (C=O) groups is 2. The number of hydrogen-bond acceptors (Lipinski definition) is 3. The highest BCUT2D eigenvalue weighted by atomic mass is 16.2. The van der Waals surface area contributed by atoms with Gasteiger partial charge in [0.1, 0.15) is 0 Å². The van der Waals surface area contributed by atoms with Gasteiger partial charge >= 0.3 is 11.8 Å². The highest BCUT2D eigenvalue weighted by Crippen LogP contribution is 2.21. The summed E-state index contributed by atoms with van der Waals surface area (Å²) in [5, 5.41) is 3.25. The summed E-state index contributed by atoms with van der Waals surface area (Å²) in [6, 6.07) is 0. The standard InChI is InChI=1S/C14H25N3O2/c1-11-8-12(2)10-17(9-11)14(19)13(18)16-6-3-4-15-5-7-16/h11-12,15H,3-10H2,1-2H3. The molecule has 0 aromatic heterocycles. The predicted octanol–water partition coefficient (Wildman–Crippen LogP) is 0.313. The van der Waals surface area contributed by atoms with Crippen LogP contribution in [0.15, 0.2) is 0 Å². The molecule has 0 spiro atoms. The minimum atomic E-state index is -0.315. The summed E-state index contributed by atoms with van der Waals surface area (Å²) in [5.41, 5.74) is 0. The molecular weight excluding hydrogens is 242 g/mol. The zero-order valence-electron chi connectivity index (χ0n) is 12.0. The quantitative estimate of drug-likeness (QED) is 0.643. The Balaban J connectivity index is 1.95. The number of amides is 2. The van der Waals surface area contributed by atoms with E-state index in [0.29, 0.717) is 24.9 Å². The third-order valence-corrected chi connectivity index (χ3v) is 3.97. The smallest absolute Gasteiger partial charge is 0.312 e. The van der Waals surface area contributed by atoms with E-state index in [1.54, 1.807) is 9.80 Å². The van der Waals surface area contributed by atoms with Crippen LogP contribution in [0.25, 0.3) is 0 Å². The number of nitrogens with zero attached hydrogens (tertiary/aromatic N) is 2. The van der Waals surface area contributed by atoms with Gasteiger partial charge in [0, 0.05) is 32.7 Å². The molecule has 1 N–H and O–H groups in total. The van der Waals surface area contributed by atoms with Gasteiger partial charge in [0.05, 0.1) is 0 Å². The topological polar surface area (TPSA) is 52.7 Å². The van der Waals surface area contributed by atoms with Crippen molar-refractivity contribution in [2.24, 2.45) is 11.8 Å². The van der Waals surface area contributed by atoms with Crippen molar-refractivity contribution in [2.75, 3.05) is 39.3 Å². The van der Waals surface area contributed by atoms with Gasteiger partial charge in [-0.2, -0.15) is 0 Å². The molecule has 2 amide bonds. The zero-order chi connectivity index (χ0) is 13.8. The lowest BCUT2D eigenvalue weighted by molar-refractivity contribution is -0.153. The van der Waals surface area contributed by atoms with Crippen LogP contribution in [-0.2, 0) is 9.59 Å². The Morgan fingerprint density at radius 1 is 0.947 bits per heavy atom. The van der Waals surface area contributed by atoms with Gasteiger partial charge in [0.2, 0.25) is 0 Å². The lowest BCUT2D eigenvalue weighted by Gasteiger charge is -2.35. The van der Waals surface area contributed by atoms with Crippen LogP contribution in [0.3, 0.4) is 0 Å². The Hall–Kier alpha value is -1.10. The number of piperidine rings is 1. The van der Waals surface area contributed by atoms with Gasteiger partial charge in [-0.3, -0.25) is 9.59 Å². The van der Waals surface area contributed by atoms with Crippen LogP contribution in [0.5, 0.6) is 0 Å². The largest absolute Gasteiger partial charge is 0.334 e. The second-order valence-corrected chi connectivity index (χ2v) is 6.05. The second-order valence-electron chi connectivity index (χ2n) is 6.05. The molecule has 2 aliphatic rings. The number of rotatable bonds is 0. The van der Waals surface area contributed by atoms with E-state index in [2.05, 4.69) is 19.2 Å². The number of likely N-dealkylation sites (tertiary alicyclic amines) is 1. The summed E-state index contributed by atoms with van der Waals surface area (Å²) in [5.74, 6) is 0.364. The van der Waals surface area contributed by atoms with Crippen molar-refractivity contribution in [2.45, 2.75) is 26.7 Å². The maximum Gasteiger partial charge on any atom is 0.312 e. The molecule has 2 atom stereocenters. The van der Waals surface area contributed by atoms with Crippen molar-refractivity contribution in [1.82, 2.24) is 15.1 Å². The minimum Gasteiger partial charge on any atom is -0.334 e. The second kappa shape index (κ2) is 6.37. The molecule has 0 radical (unpaired) electrons. The van der Waals surface area contributed by atoms with E-state index in [9.17, 15) is 9.59 Å². The fourth-order valence-electron chi connectivity index (χ4n) is 3.15. The molecule has 0 saturated carbocycles. The molecule has 5 heteroatoms. The van der Waals surface area contributed by atoms with Gasteiger partial charge in [-0.15, -0.1) is 0 Å². The average molecular weight is 267 g/mol. The SMILES string of the molecule is CC1CC(C)CN(C(=O)C(=O)N2CCCNCC2)C1. The molecule has 2 unspecified atom stereocenters. The van der Waals surface area contributed by atoms with Gasteiger partial charge in [0.25, 0.3) is 0 Å². The summed E-state index contributed by atoms with van der Waals surface area (Å²) < 4.78 is 0. The Morgan fingerprint density at radius 2 is 1.58 bits per heavy atom. The molecule has 0 bridgehead atoms. The van der Waals surface area contributed by atoms with Gasteiger partial charge in [-0.25, -0.2) is 0 Å². The maximum atomic E-state index is 12.3. The summed E-state index contributed by atoms with van der Waals surface area (Å²) in [4.78, 5) is 28.0.